The standard InChI is InChI=1S/C17H14ClFN2O3/c18-13-3-1-4-15(11-13)23-10-2-9-21-17(22)24-16(20-21)12-5-7-14(19)8-6-12/h1,3-8,11H,2,9-10H2. The Morgan fingerprint density at radius 2 is 2.00 bits per heavy atom. The molecule has 5 nitrogen and oxygen atoms in total. The molecule has 0 aliphatic rings. The molecule has 2 aromatic carbocycles. The highest BCUT2D eigenvalue weighted by Crippen LogP contribution is 2.17. The van der Waals surface area contributed by atoms with Crippen molar-refractivity contribution >= 4 is 11.6 Å². The van der Waals surface area contributed by atoms with Crippen molar-refractivity contribution in [1.82, 2.24) is 9.78 Å². The Morgan fingerprint density at radius 3 is 2.75 bits per heavy atom. The predicted molar refractivity (Wildman–Crippen MR) is 87.7 cm³/mol. The zero-order chi connectivity index (χ0) is 16.9. The lowest BCUT2D eigenvalue weighted by Crippen LogP contribution is -2.17. The van der Waals surface area contributed by atoms with Crippen LogP contribution in [0.1, 0.15) is 6.42 Å². The van der Waals surface area contributed by atoms with Crippen LogP contribution in [0.15, 0.2) is 57.7 Å². The van der Waals surface area contributed by atoms with Crippen molar-refractivity contribution in [2.24, 2.45) is 0 Å². The number of rotatable bonds is 6. The first-order chi connectivity index (χ1) is 11.6. The molecule has 0 unspecified atom stereocenters. The van der Waals surface area contributed by atoms with Crippen molar-refractivity contribution in [3.63, 3.8) is 0 Å². The lowest BCUT2D eigenvalue weighted by molar-refractivity contribution is 0.296. The van der Waals surface area contributed by atoms with E-state index in [0.717, 1.165) is 0 Å². The lowest BCUT2D eigenvalue weighted by Gasteiger charge is -2.05. The lowest BCUT2D eigenvalue weighted by atomic mass is 10.2. The van der Waals surface area contributed by atoms with Gasteiger partial charge in [-0.25, -0.2) is 9.18 Å². The molecule has 1 aromatic heterocycles. The summed E-state index contributed by atoms with van der Waals surface area (Å²) < 4.78 is 24.8. The van der Waals surface area contributed by atoms with Crippen LogP contribution in [0.4, 0.5) is 4.39 Å². The van der Waals surface area contributed by atoms with Gasteiger partial charge in [0.2, 0.25) is 5.89 Å². The average molecular weight is 349 g/mol. The molecule has 0 atom stereocenters. The molecule has 0 saturated carbocycles. The third-order valence-corrected chi connectivity index (χ3v) is 3.51. The number of aromatic nitrogens is 2. The molecular weight excluding hydrogens is 335 g/mol. The maximum atomic E-state index is 12.9. The quantitative estimate of drug-likeness (QED) is 0.636. The van der Waals surface area contributed by atoms with Gasteiger partial charge in [0.05, 0.1) is 13.2 Å². The molecule has 0 spiro atoms. The largest absolute Gasteiger partial charge is 0.493 e. The minimum atomic E-state index is -0.558. The van der Waals surface area contributed by atoms with Crippen molar-refractivity contribution in [1.29, 1.82) is 0 Å². The van der Waals surface area contributed by atoms with Gasteiger partial charge in [0.15, 0.2) is 0 Å². The van der Waals surface area contributed by atoms with E-state index < -0.39 is 5.76 Å². The average Bonchev–Trinajstić information content (AvgIpc) is 2.93. The number of aryl methyl sites for hydroxylation is 1. The molecule has 124 valence electrons. The van der Waals surface area contributed by atoms with Gasteiger partial charge >= 0.3 is 5.76 Å². The topological polar surface area (TPSA) is 57.3 Å². The number of benzene rings is 2. The fourth-order valence-corrected chi connectivity index (χ4v) is 2.30. The fourth-order valence-electron chi connectivity index (χ4n) is 2.12. The maximum absolute atomic E-state index is 12.9. The van der Waals surface area contributed by atoms with E-state index in [2.05, 4.69) is 5.10 Å². The van der Waals surface area contributed by atoms with Crippen LogP contribution >= 0.6 is 11.6 Å². The van der Waals surface area contributed by atoms with Crippen LogP contribution in [-0.4, -0.2) is 16.4 Å². The van der Waals surface area contributed by atoms with E-state index in [1.807, 2.05) is 0 Å². The molecule has 0 radical (unpaired) electrons. The third kappa shape index (κ3) is 4.02. The normalized spacial score (nSPS) is 10.8. The molecule has 3 aromatic rings. The number of halogens is 2. The van der Waals surface area contributed by atoms with E-state index in [9.17, 15) is 9.18 Å². The van der Waals surface area contributed by atoms with Gasteiger partial charge in [-0.1, -0.05) is 17.7 Å². The molecule has 1 heterocycles. The number of hydrogen-bond donors (Lipinski definition) is 0. The molecule has 24 heavy (non-hydrogen) atoms. The second-order valence-corrected chi connectivity index (χ2v) is 5.50. The Labute approximate surface area is 142 Å². The number of nitrogens with zero attached hydrogens (tertiary/aromatic N) is 2. The van der Waals surface area contributed by atoms with Crippen molar-refractivity contribution in [2.75, 3.05) is 6.61 Å². The first-order valence-electron chi connectivity index (χ1n) is 7.34. The van der Waals surface area contributed by atoms with Gasteiger partial charge in [0.25, 0.3) is 0 Å². The van der Waals surface area contributed by atoms with E-state index in [1.54, 1.807) is 24.3 Å². The van der Waals surface area contributed by atoms with E-state index >= 15 is 0 Å². The fraction of sp³-hybridized carbons (Fsp3) is 0.176. The van der Waals surface area contributed by atoms with Gasteiger partial charge in [-0.05, 0) is 42.5 Å². The Morgan fingerprint density at radius 1 is 1.21 bits per heavy atom. The summed E-state index contributed by atoms with van der Waals surface area (Å²) in [4.78, 5) is 11.8. The van der Waals surface area contributed by atoms with Crippen LogP contribution in [0, 0.1) is 5.82 Å². The zero-order valence-electron chi connectivity index (χ0n) is 12.6. The summed E-state index contributed by atoms with van der Waals surface area (Å²) in [6, 6.07) is 12.7. The molecule has 3 rings (SSSR count). The summed E-state index contributed by atoms with van der Waals surface area (Å²) in [5.41, 5.74) is 0.544. The highest BCUT2D eigenvalue weighted by atomic mass is 35.5. The molecule has 0 bridgehead atoms. The van der Waals surface area contributed by atoms with E-state index in [0.29, 0.717) is 35.9 Å². The van der Waals surface area contributed by atoms with Crippen LogP contribution in [0.5, 0.6) is 5.75 Å². The van der Waals surface area contributed by atoms with Crippen LogP contribution in [0.25, 0.3) is 11.5 Å². The molecule has 0 saturated heterocycles. The van der Waals surface area contributed by atoms with Gasteiger partial charge in [-0.2, -0.15) is 4.68 Å². The Bertz CT molecular complexity index is 874. The van der Waals surface area contributed by atoms with Crippen LogP contribution in [0.3, 0.4) is 0 Å². The molecule has 0 N–H and O–H groups in total. The van der Waals surface area contributed by atoms with Gasteiger partial charge < -0.3 is 9.15 Å². The smallest absolute Gasteiger partial charge is 0.437 e. The minimum absolute atomic E-state index is 0.163. The highest BCUT2D eigenvalue weighted by Gasteiger charge is 2.10. The van der Waals surface area contributed by atoms with Gasteiger partial charge in [-0.3, -0.25) is 0 Å². The summed E-state index contributed by atoms with van der Waals surface area (Å²) in [6.07, 6.45) is 0.571. The van der Waals surface area contributed by atoms with E-state index in [4.69, 9.17) is 20.8 Å². The SMILES string of the molecule is O=c1oc(-c2ccc(F)cc2)nn1CCCOc1cccc(Cl)c1. The van der Waals surface area contributed by atoms with Gasteiger partial charge in [0.1, 0.15) is 11.6 Å². The molecule has 0 aliphatic carbocycles. The summed E-state index contributed by atoms with van der Waals surface area (Å²) in [5.74, 6) is -0.0893. The summed E-state index contributed by atoms with van der Waals surface area (Å²) in [5, 5.41) is 4.71. The first kappa shape index (κ1) is 16.3. The third-order valence-electron chi connectivity index (χ3n) is 3.28. The molecular formula is C17H14ClFN2O3. The molecule has 0 fully saturated rings. The maximum Gasteiger partial charge on any atom is 0.437 e. The van der Waals surface area contributed by atoms with E-state index in [-0.39, 0.29) is 11.7 Å². The second-order valence-electron chi connectivity index (χ2n) is 5.06. The van der Waals surface area contributed by atoms with Crippen molar-refractivity contribution in [3.05, 3.63) is 69.9 Å². The Balaban J connectivity index is 1.58. The van der Waals surface area contributed by atoms with Crippen molar-refractivity contribution in [2.45, 2.75) is 13.0 Å². The summed E-state index contributed by atoms with van der Waals surface area (Å²) in [6.45, 7) is 0.760. The summed E-state index contributed by atoms with van der Waals surface area (Å²) in [7, 11) is 0. The Kier molecular flexibility index (Phi) is 4.96. The minimum Gasteiger partial charge on any atom is -0.493 e. The number of hydrogen-bond acceptors (Lipinski definition) is 4. The van der Waals surface area contributed by atoms with Crippen molar-refractivity contribution in [3.8, 4) is 17.2 Å². The first-order valence-corrected chi connectivity index (χ1v) is 7.72. The van der Waals surface area contributed by atoms with Gasteiger partial charge in [-0.15, -0.1) is 5.10 Å². The van der Waals surface area contributed by atoms with Crippen LogP contribution in [-0.2, 0) is 6.54 Å². The number of ether oxygens (including phenoxy) is 1. The Hall–Kier alpha value is -2.60. The van der Waals surface area contributed by atoms with Crippen LogP contribution in [0.2, 0.25) is 5.02 Å². The van der Waals surface area contributed by atoms with Crippen molar-refractivity contribution < 1.29 is 13.5 Å². The monoisotopic (exact) mass is 348 g/mol. The molecule has 7 heteroatoms. The highest BCUT2D eigenvalue weighted by molar-refractivity contribution is 6.30. The molecule has 0 aliphatic heterocycles. The molecule has 0 amide bonds. The zero-order valence-corrected chi connectivity index (χ0v) is 13.4. The summed E-state index contributed by atoms with van der Waals surface area (Å²) >= 11 is 5.87. The predicted octanol–water partition coefficient (Wildman–Crippen LogP) is 3.76. The van der Waals surface area contributed by atoms with Crippen LogP contribution < -0.4 is 10.5 Å². The second kappa shape index (κ2) is 7.31. The van der Waals surface area contributed by atoms with Gasteiger partial charge in [0, 0.05) is 17.0 Å². The van der Waals surface area contributed by atoms with E-state index in [1.165, 1.54) is 28.9 Å².